The number of aromatic nitrogens is 1. The van der Waals surface area contributed by atoms with Gasteiger partial charge in [-0.3, -0.25) is 9.78 Å². The Hall–Kier alpha value is -2.56. The zero-order valence-electron chi connectivity index (χ0n) is 14.1. The number of benzene rings is 1. The zero-order valence-corrected chi connectivity index (χ0v) is 14.1. The second kappa shape index (κ2) is 7.34. The van der Waals surface area contributed by atoms with Crippen molar-refractivity contribution in [1.82, 2.24) is 9.88 Å². The Balaban J connectivity index is 1.69. The summed E-state index contributed by atoms with van der Waals surface area (Å²) in [5.41, 5.74) is 1.95. The number of methoxy groups -OCH3 is 1. The Morgan fingerprint density at radius 3 is 3.00 bits per heavy atom. The maximum Gasteiger partial charge on any atom is 0.223 e. The van der Waals surface area contributed by atoms with Crippen LogP contribution in [0.15, 0.2) is 42.6 Å². The molecule has 1 unspecified atom stereocenters. The third kappa shape index (κ3) is 3.85. The molecule has 0 bridgehead atoms. The van der Waals surface area contributed by atoms with E-state index in [1.54, 1.807) is 13.3 Å². The minimum atomic E-state index is -0.0582. The Kier molecular flexibility index (Phi) is 4.99. The molecule has 1 atom stereocenters. The first-order valence-corrected chi connectivity index (χ1v) is 8.17. The van der Waals surface area contributed by atoms with Crippen LogP contribution in [0.25, 0.3) is 0 Å². The summed E-state index contributed by atoms with van der Waals surface area (Å²) in [7, 11) is 1.63. The lowest BCUT2D eigenvalue weighted by molar-refractivity contribution is -0.132. The topological polar surface area (TPSA) is 51.7 Å². The molecule has 24 heavy (non-hydrogen) atoms. The van der Waals surface area contributed by atoms with Crippen LogP contribution in [-0.2, 0) is 17.8 Å². The normalized spacial score (nSPS) is 16.8. The highest BCUT2D eigenvalue weighted by Gasteiger charge is 2.24. The van der Waals surface area contributed by atoms with Gasteiger partial charge in [0, 0.05) is 36.5 Å². The molecular weight excluding hydrogens is 304 g/mol. The number of ether oxygens (including phenoxy) is 2. The van der Waals surface area contributed by atoms with Gasteiger partial charge in [-0.15, -0.1) is 0 Å². The highest BCUT2D eigenvalue weighted by atomic mass is 16.5. The lowest BCUT2D eigenvalue weighted by Gasteiger charge is -2.22. The van der Waals surface area contributed by atoms with Crippen molar-refractivity contribution in [2.24, 2.45) is 0 Å². The first kappa shape index (κ1) is 16.3. The van der Waals surface area contributed by atoms with Crippen LogP contribution in [0.1, 0.15) is 24.6 Å². The van der Waals surface area contributed by atoms with Crippen molar-refractivity contribution in [2.75, 3.05) is 13.7 Å². The highest BCUT2D eigenvalue weighted by Crippen LogP contribution is 2.29. The monoisotopic (exact) mass is 326 g/mol. The fourth-order valence-corrected chi connectivity index (χ4v) is 2.87. The Morgan fingerprint density at radius 2 is 2.25 bits per heavy atom. The quantitative estimate of drug-likeness (QED) is 0.867. The third-order valence-corrected chi connectivity index (χ3v) is 4.12. The summed E-state index contributed by atoms with van der Waals surface area (Å²) < 4.78 is 11.2. The van der Waals surface area contributed by atoms with Crippen LogP contribution in [0.5, 0.6) is 11.5 Å². The molecule has 0 radical (unpaired) electrons. The number of rotatable bonds is 4. The van der Waals surface area contributed by atoms with E-state index in [4.69, 9.17) is 9.47 Å². The van der Waals surface area contributed by atoms with Crippen molar-refractivity contribution < 1.29 is 14.3 Å². The largest absolute Gasteiger partial charge is 0.497 e. The minimum Gasteiger partial charge on any atom is -0.497 e. The maximum absolute atomic E-state index is 12.6. The summed E-state index contributed by atoms with van der Waals surface area (Å²) in [5.74, 6) is 1.68. The van der Waals surface area contributed by atoms with Gasteiger partial charge in [-0.2, -0.15) is 0 Å². The van der Waals surface area contributed by atoms with Gasteiger partial charge < -0.3 is 14.4 Å². The van der Waals surface area contributed by atoms with Crippen molar-refractivity contribution in [3.63, 3.8) is 0 Å². The van der Waals surface area contributed by atoms with E-state index in [9.17, 15) is 4.79 Å². The molecular formula is C19H22N2O3. The van der Waals surface area contributed by atoms with E-state index >= 15 is 0 Å². The molecule has 0 saturated carbocycles. The smallest absolute Gasteiger partial charge is 0.223 e. The van der Waals surface area contributed by atoms with Crippen molar-refractivity contribution >= 4 is 5.91 Å². The number of aryl methyl sites for hydroxylation is 1. The van der Waals surface area contributed by atoms with Crippen molar-refractivity contribution in [2.45, 2.75) is 32.4 Å². The number of amides is 1. The summed E-state index contributed by atoms with van der Waals surface area (Å²) in [5, 5.41) is 0. The molecule has 2 heterocycles. The third-order valence-electron chi connectivity index (χ3n) is 4.12. The number of fused-ring (bicyclic) bond motifs is 1. The van der Waals surface area contributed by atoms with E-state index in [-0.39, 0.29) is 12.0 Å². The zero-order chi connectivity index (χ0) is 16.9. The van der Waals surface area contributed by atoms with E-state index in [1.807, 2.05) is 48.2 Å². The molecule has 126 valence electrons. The van der Waals surface area contributed by atoms with Crippen molar-refractivity contribution in [1.29, 1.82) is 0 Å². The van der Waals surface area contributed by atoms with Gasteiger partial charge in [0.05, 0.1) is 13.7 Å². The van der Waals surface area contributed by atoms with E-state index in [0.717, 1.165) is 22.8 Å². The summed E-state index contributed by atoms with van der Waals surface area (Å²) in [6.07, 6.45) is 2.80. The maximum atomic E-state index is 12.6. The second-order valence-electron chi connectivity index (χ2n) is 6.00. The van der Waals surface area contributed by atoms with Gasteiger partial charge in [-0.05, 0) is 37.6 Å². The van der Waals surface area contributed by atoms with Gasteiger partial charge in [0.25, 0.3) is 0 Å². The average molecular weight is 326 g/mol. The molecule has 1 aromatic carbocycles. The molecule has 5 heteroatoms. The standard InChI is InChI=1S/C19H22N2O3/c1-14-12-21(19(22)9-7-16-5-3-4-10-20-16)13-15-6-8-17(23-2)11-18(15)24-14/h3-6,8,10-11,14H,7,9,12-13H2,1-2H3. The van der Waals surface area contributed by atoms with Crippen molar-refractivity contribution in [3.8, 4) is 11.5 Å². The van der Waals surface area contributed by atoms with E-state index < -0.39 is 0 Å². The first-order valence-electron chi connectivity index (χ1n) is 8.17. The Bertz CT molecular complexity index is 703. The van der Waals surface area contributed by atoms with E-state index in [1.165, 1.54) is 0 Å². The van der Waals surface area contributed by atoms with Crippen molar-refractivity contribution in [3.05, 3.63) is 53.9 Å². The van der Waals surface area contributed by atoms with Gasteiger partial charge in [0.2, 0.25) is 5.91 Å². The number of carbonyl (C=O) groups is 1. The van der Waals surface area contributed by atoms with Crippen LogP contribution in [-0.4, -0.2) is 35.5 Å². The van der Waals surface area contributed by atoms with Gasteiger partial charge in [0.15, 0.2) is 0 Å². The lowest BCUT2D eigenvalue weighted by atomic mass is 10.1. The molecule has 5 nitrogen and oxygen atoms in total. The summed E-state index contributed by atoms with van der Waals surface area (Å²) >= 11 is 0. The minimum absolute atomic E-state index is 0.0582. The molecule has 0 saturated heterocycles. The fraction of sp³-hybridized carbons (Fsp3) is 0.368. The lowest BCUT2D eigenvalue weighted by Crippen LogP contribution is -2.36. The number of nitrogens with zero attached hydrogens (tertiary/aromatic N) is 2. The molecule has 1 aliphatic rings. The Labute approximate surface area is 142 Å². The predicted octanol–water partition coefficient (Wildman–Crippen LogP) is 2.83. The van der Waals surface area contributed by atoms with Crippen LogP contribution in [0, 0.1) is 0 Å². The average Bonchev–Trinajstić information content (AvgIpc) is 2.77. The molecule has 0 spiro atoms. The van der Waals surface area contributed by atoms with Crippen LogP contribution in [0.4, 0.5) is 0 Å². The number of hydrogen-bond acceptors (Lipinski definition) is 4. The predicted molar refractivity (Wildman–Crippen MR) is 91.1 cm³/mol. The molecule has 1 amide bonds. The van der Waals surface area contributed by atoms with Crippen LogP contribution < -0.4 is 9.47 Å². The summed E-state index contributed by atoms with van der Waals surface area (Å²) in [6.45, 7) is 3.12. The molecule has 0 aliphatic carbocycles. The number of carbonyl (C=O) groups excluding carboxylic acids is 1. The van der Waals surface area contributed by atoms with Crippen LogP contribution in [0.2, 0.25) is 0 Å². The molecule has 2 aromatic rings. The molecule has 1 aromatic heterocycles. The molecule has 3 rings (SSSR count). The SMILES string of the molecule is COc1ccc2c(c1)OC(C)CN(C(=O)CCc1ccccn1)C2. The van der Waals surface area contributed by atoms with Gasteiger partial charge in [0.1, 0.15) is 17.6 Å². The molecule has 0 fully saturated rings. The van der Waals surface area contributed by atoms with E-state index in [2.05, 4.69) is 4.98 Å². The van der Waals surface area contributed by atoms with Gasteiger partial charge in [-0.1, -0.05) is 6.07 Å². The number of hydrogen-bond donors (Lipinski definition) is 0. The van der Waals surface area contributed by atoms with Gasteiger partial charge >= 0.3 is 0 Å². The molecule has 1 aliphatic heterocycles. The Morgan fingerprint density at radius 1 is 1.38 bits per heavy atom. The summed E-state index contributed by atoms with van der Waals surface area (Å²) in [6, 6.07) is 11.5. The fourth-order valence-electron chi connectivity index (χ4n) is 2.87. The second-order valence-corrected chi connectivity index (χ2v) is 6.00. The first-order chi connectivity index (χ1) is 11.7. The van der Waals surface area contributed by atoms with Crippen LogP contribution >= 0.6 is 0 Å². The van der Waals surface area contributed by atoms with Crippen LogP contribution in [0.3, 0.4) is 0 Å². The van der Waals surface area contributed by atoms with E-state index in [0.29, 0.717) is 25.9 Å². The summed E-state index contributed by atoms with van der Waals surface area (Å²) in [4.78, 5) is 18.8. The van der Waals surface area contributed by atoms with Gasteiger partial charge in [-0.25, -0.2) is 0 Å². The number of pyridine rings is 1. The molecule has 0 N–H and O–H groups in total. The highest BCUT2D eigenvalue weighted by molar-refractivity contribution is 5.76.